The number of halogens is 1. The van der Waals surface area contributed by atoms with Crippen LogP contribution >= 0.6 is 22.9 Å². The zero-order chi connectivity index (χ0) is 8.85. The zero-order valence-electron chi connectivity index (χ0n) is 7.31. The molecule has 0 atom stereocenters. The van der Waals surface area contributed by atoms with Crippen LogP contribution in [0.5, 0.6) is 0 Å². The molecule has 0 saturated carbocycles. The quantitative estimate of drug-likeness (QED) is 0.613. The summed E-state index contributed by atoms with van der Waals surface area (Å²) in [6.45, 7) is 9.12. The van der Waals surface area contributed by atoms with Crippen molar-refractivity contribution in [3.05, 3.63) is 12.4 Å². The lowest BCUT2D eigenvalue weighted by atomic mass is 10.1. The first-order chi connectivity index (χ1) is 5.04. The van der Waals surface area contributed by atoms with Crippen LogP contribution in [0, 0.1) is 5.92 Å². The van der Waals surface area contributed by atoms with Gasteiger partial charge in [-0.1, -0.05) is 20.4 Å². The topological polar surface area (TPSA) is 29.3 Å². The summed E-state index contributed by atoms with van der Waals surface area (Å²) < 4.78 is 1.96. The Balaban J connectivity index is 3.31. The third-order valence-corrected chi connectivity index (χ3v) is 2.55. The fourth-order valence-electron chi connectivity index (χ4n) is 0.782. The number of nitrogens with zero attached hydrogens (tertiary/aromatic N) is 1. The van der Waals surface area contributed by atoms with Gasteiger partial charge in [-0.25, -0.2) is 0 Å². The molecule has 0 aliphatic rings. The summed E-state index contributed by atoms with van der Waals surface area (Å²) in [5.41, 5.74) is 5.48. The van der Waals surface area contributed by atoms with E-state index < -0.39 is 0 Å². The monoisotopic (exact) mass is 268 g/mol. The van der Waals surface area contributed by atoms with Crippen molar-refractivity contribution in [2.24, 2.45) is 11.7 Å². The predicted molar refractivity (Wildman–Crippen MR) is 58.1 cm³/mol. The van der Waals surface area contributed by atoms with Crippen LogP contribution in [0.2, 0.25) is 0 Å². The van der Waals surface area contributed by atoms with Crippen LogP contribution in [0.4, 0.5) is 0 Å². The lowest BCUT2D eigenvalue weighted by Gasteiger charge is -2.15. The average Bonchev–Trinajstić information content (AvgIpc) is 1.86. The Morgan fingerprint density at radius 1 is 1.64 bits per heavy atom. The first kappa shape index (κ1) is 11.1. The maximum Gasteiger partial charge on any atom is 0.100 e. The molecule has 0 aromatic heterocycles. The smallest absolute Gasteiger partial charge is 0.100 e. The lowest BCUT2D eigenvalue weighted by Crippen LogP contribution is -2.17. The van der Waals surface area contributed by atoms with E-state index in [1.165, 1.54) is 12.8 Å². The van der Waals surface area contributed by atoms with Gasteiger partial charge in [0.1, 0.15) is 5.82 Å². The maximum absolute atomic E-state index is 5.48. The van der Waals surface area contributed by atoms with Gasteiger partial charge in [-0.2, -0.15) is 0 Å². The normalized spacial score (nSPS) is 10.2. The molecule has 2 N–H and O–H groups in total. The van der Waals surface area contributed by atoms with Crippen LogP contribution in [-0.2, 0) is 0 Å². The van der Waals surface area contributed by atoms with E-state index in [-0.39, 0.29) is 0 Å². The van der Waals surface area contributed by atoms with E-state index in [1.54, 1.807) is 0 Å². The minimum atomic E-state index is 0.648. The summed E-state index contributed by atoms with van der Waals surface area (Å²) in [4.78, 5) is 0. The Hall–Kier alpha value is 0.0700. The molecule has 0 radical (unpaired) electrons. The van der Waals surface area contributed by atoms with E-state index in [0.717, 1.165) is 12.5 Å². The van der Waals surface area contributed by atoms with Crippen LogP contribution in [0.1, 0.15) is 26.7 Å². The first-order valence-electron chi connectivity index (χ1n) is 3.91. The highest BCUT2D eigenvalue weighted by atomic mass is 127. The second-order valence-electron chi connectivity index (χ2n) is 3.11. The van der Waals surface area contributed by atoms with Crippen LogP contribution in [0.25, 0.3) is 0 Å². The van der Waals surface area contributed by atoms with Gasteiger partial charge < -0.3 is 8.85 Å². The summed E-state index contributed by atoms with van der Waals surface area (Å²) in [5.74, 6) is 1.43. The Morgan fingerprint density at radius 3 is 2.55 bits per heavy atom. The molecule has 0 aromatic carbocycles. The molecule has 0 saturated heterocycles. The van der Waals surface area contributed by atoms with Gasteiger partial charge in [0.15, 0.2) is 0 Å². The van der Waals surface area contributed by atoms with Crippen molar-refractivity contribution in [2.45, 2.75) is 26.7 Å². The average molecular weight is 268 g/mol. The van der Waals surface area contributed by atoms with Crippen LogP contribution in [0.15, 0.2) is 12.4 Å². The highest BCUT2D eigenvalue weighted by Crippen LogP contribution is 2.09. The Bertz CT molecular complexity index is 123. The summed E-state index contributed by atoms with van der Waals surface area (Å²) >= 11 is 2.19. The van der Waals surface area contributed by atoms with Crippen LogP contribution in [0.3, 0.4) is 0 Å². The Labute approximate surface area is 83.3 Å². The van der Waals surface area contributed by atoms with Crippen molar-refractivity contribution >= 4 is 22.9 Å². The number of nitrogens with two attached hydrogens (primary N) is 1. The van der Waals surface area contributed by atoms with Crippen LogP contribution < -0.4 is 5.73 Å². The predicted octanol–water partition coefficient (Wildman–Crippen LogP) is 2.50. The molecule has 0 unspecified atom stereocenters. The molecule has 0 heterocycles. The van der Waals surface area contributed by atoms with Crippen molar-refractivity contribution in [3.8, 4) is 0 Å². The van der Waals surface area contributed by atoms with Crippen molar-refractivity contribution < 1.29 is 0 Å². The third kappa shape index (κ3) is 6.47. The summed E-state index contributed by atoms with van der Waals surface area (Å²) in [6, 6.07) is 0. The van der Waals surface area contributed by atoms with Crippen molar-refractivity contribution in [2.75, 3.05) is 6.54 Å². The molecule has 0 aliphatic heterocycles. The molecule has 11 heavy (non-hydrogen) atoms. The molecule has 66 valence electrons. The SMILES string of the molecule is C=C(N)N(I)CCCC(C)C. The molecule has 0 amide bonds. The van der Waals surface area contributed by atoms with E-state index in [1.807, 2.05) is 3.11 Å². The molecule has 0 spiro atoms. The van der Waals surface area contributed by atoms with Gasteiger partial charge in [0.05, 0.1) is 22.9 Å². The molecular weight excluding hydrogens is 251 g/mol. The van der Waals surface area contributed by atoms with Gasteiger partial charge in [-0.05, 0) is 18.8 Å². The van der Waals surface area contributed by atoms with Gasteiger partial charge in [0.25, 0.3) is 0 Å². The zero-order valence-corrected chi connectivity index (χ0v) is 9.47. The van der Waals surface area contributed by atoms with Gasteiger partial charge >= 0.3 is 0 Å². The number of hydrogen-bond acceptors (Lipinski definition) is 2. The standard InChI is InChI=1S/C8H17IN2/c1-7(2)5-4-6-11(9)8(3)10/h7H,3-6,10H2,1-2H3. The molecule has 0 fully saturated rings. The largest absolute Gasteiger partial charge is 0.385 e. The van der Waals surface area contributed by atoms with Crippen molar-refractivity contribution in [1.29, 1.82) is 0 Å². The second kappa shape index (κ2) is 5.69. The minimum absolute atomic E-state index is 0.648. The fraction of sp³-hybridized carbons (Fsp3) is 0.750. The van der Waals surface area contributed by atoms with E-state index in [2.05, 4.69) is 43.3 Å². The molecule has 0 aliphatic carbocycles. The first-order valence-corrected chi connectivity index (χ1v) is 4.88. The fourth-order valence-corrected chi connectivity index (χ4v) is 1.12. The van der Waals surface area contributed by atoms with Gasteiger partial charge in [-0.15, -0.1) is 0 Å². The third-order valence-electron chi connectivity index (χ3n) is 1.45. The molecule has 2 nitrogen and oxygen atoms in total. The molecule has 0 bridgehead atoms. The molecule has 0 aromatic rings. The summed E-state index contributed by atoms with van der Waals surface area (Å²) in [5, 5.41) is 0. The van der Waals surface area contributed by atoms with E-state index in [9.17, 15) is 0 Å². The van der Waals surface area contributed by atoms with Gasteiger partial charge in [0.2, 0.25) is 0 Å². The maximum atomic E-state index is 5.48. The molecular formula is C8H17IN2. The highest BCUT2D eigenvalue weighted by Gasteiger charge is 1.99. The number of rotatable bonds is 5. The van der Waals surface area contributed by atoms with Crippen molar-refractivity contribution in [1.82, 2.24) is 3.11 Å². The summed E-state index contributed by atoms with van der Waals surface area (Å²) in [6.07, 6.45) is 2.45. The lowest BCUT2D eigenvalue weighted by molar-refractivity contribution is 0.497. The summed E-state index contributed by atoms with van der Waals surface area (Å²) in [7, 11) is 0. The Morgan fingerprint density at radius 2 is 2.18 bits per heavy atom. The second-order valence-corrected chi connectivity index (χ2v) is 4.28. The molecule has 3 heteroatoms. The van der Waals surface area contributed by atoms with Gasteiger partial charge in [0, 0.05) is 6.54 Å². The Kier molecular flexibility index (Phi) is 5.72. The van der Waals surface area contributed by atoms with E-state index >= 15 is 0 Å². The van der Waals surface area contributed by atoms with Crippen molar-refractivity contribution in [3.63, 3.8) is 0 Å². The highest BCUT2D eigenvalue weighted by molar-refractivity contribution is 14.1. The van der Waals surface area contributed by atoms with Crippen LogP contribution in [-0.4, -0.2) is 9.66 Å². The molecule has 0 rings (SSSR count). The van der Waals surface area contributed by atoms with E-state index in [4.69, 9.17) is 5.73 Å². The number of hydrogen-bond donors (Lipinski definition) is 1. The van der Waals surface area contributed by atoms with E-state index in [0.29, 0.717) is 5.82 Å². The minimum Gasteiger partial charge on any atom is -0.385 e. The van der Waals surface area contributed by atoms with Gasteiger partial charge in [-0.3, -0.25) is 0 Å².